The summed E-state index contributed by atoms with van der Waals surface area (Å²) in [6.45, 7) is 5.50. The Labute approximate surface area is 212 Å². The van der Waals surface area contributed by atoms with E-state index in [1.54, 1.807) is 6.92 Å². The number of nitrogens with two attached hydrogens (primary N) is 1. The van der Waals surface area contributed by atoms with Gasteiger partial charge in [-0.2, -0.15) is 0 Å². The van der Waals surface area contributed by atoms with Crippen molar-refractivity contribution in [2.45, 2.75) is 64.5 Å². The lowest BCUT2D eigenvalue weighted by molar-refractivity contribution is -0.120. The molecule has 4 rings (SSSR count). The van der Waals surface area contributed by atoms with Gasteiger partial charge in [0.25, 0.3) is 0 Å². The van der Waals surface area contributed by atoms with E-state index in [-0.39, 0.29) is 17.9 Å². The second-order valence-electron chi connectivity index (χ2n) is 10.3. The van der Waals surface area contributed by atoms with Crippen LogP contribution in [-0.4, -0.2) is 28.1 Å². The highest BCUT2D eigenvalue weighted by Crippen LogP contribution is 2.33. The monoisotopic (exact) mass is 485 g/mol. The maximum atomic E-state index is 12.8. The molecule has 1 heterocycles. The molecule has 36 heavy (non-hydrogen) atoms. The van der Waals surface area contributed by atoms with Gasteiger partial charge in [0.2, 0.25) is 11.8 Å². The van der Waals surface area contributed by atoms with Crippen molar-refractivity contribution in [3.05, 3.63) is 66.2 Å². The zero-order valence-electron chi connectivity index (χ0n) is 21.3. The van der Waals surface area contributed by atoms with Crippen molar-refractivity contribution in [3.63, 3.8) is 0 Å². The molecule has 3 aromatic rings. The molecule has 1 fully saturated rings. The second kappa shape index (κ2) is 11.0. The van der Waals surface area contributed by atoms with Crippen molar-refractivity contribution in [2.75, 3.05) is 5.32 Å². The molecular formula is C29H35N5O2. The summed E-state index contributed by atoms with van der Waals surface area (Å²) in [4.78, 5) is 24.1. The fourth-order valence-electron chi connectivity index (χ4n) is 4.82. The number of carbonyl (C=O) groups excluding carboxylic acids is 2. The average molecular weight is 486 g/mol. The zero-order valence-corrected chi connectivity index (χ0v) is 21.3. The molecule has 2 amide bonds. The molecule has 0 saturated heterocycles. The van der Waals surface area contributed by atoms with E-state index in [1.807, 2.05) is 74.5 Å². The molecule has 4 N–H and O–H groups in total. The highest BCUT2D eigenvalue weighted by Gasteiger charge is 2.24. The van der Waals surface area contributed by atoms with Crippen LogP contribution in [0.4, 0.5) is 5.82 Å². The van der Waals surface area contributed by atoms with Crippen LogP contribution in [0, 0.1) is 5.92 Å². The third-order valence-corrected chi connectivity index (χ3v) is 6.78. The largest absolute Gasteiger partial charge is 0.354 e. The molecule has 0 bridgehead atoms. The number of hydrogen-bond donors (Lipinski definition) is 3. The average Bonchev–Trinajstić information content (AvgIpc) is 2.85. The van der Waals surface area contributed by atoms with Crippen LogP contribution in [0.15, 0.2) is 60.7 Å². The van der Waals surface area contributed by atoms with Gasteiger partial charge in [-0.05, 0) is 62.6 Å². The van der Waals surface area contributed by atoms with Gasteiger partial charge in [-0.15, -0.1) is 10.2 Å². The van der Waals surface area contributed by atoms with Gasteiger partial charge in [0.15, 0.2) is 5.82 Å². The van der Waals surface area contributed by atoms with Gasteiger partial charge in [0, 0.05) is 36.1 Å². The van der Waals surface area contributed by atoms with Gasteiger partial charge < -0.3 is 16.4 Å². The predicted molar refractivity (Wildman–Crippen MR) is 143 cm³/mol. The Kier molecular flexibility index (Phi) is 7.79. The van der Waals surface area contributed by atoms with Gasteiger partial charge in [-0.1, -0.05) is 54.6 Å². The lowest BCUT2D eigenvalue weighted by Crippen LogP contribution is -2.36. The van der Waals surface area contributed by atoms with E-state index in [9.17, 15) is 9.59 Å². The van der Waals surface area contributed by atoms with Gasteiger partial charge in [0.1, 0.15) is 5.69 Å². The maximum absolute atomic E-state index is 12.8. The van der Waals surface area contributed by atoms with Gasteiger partial charge in [0.05, 0.1) is 0 Å². The summed E-state index contributed by atoms with van der Waals surface area (Å²) in [5, 5.41) is 14.8. The minimum Gasteiger partial charge on any atom is -0.354 e. The minimum absolute atomic E-state index is 0.00611. The van der Waals surface area contributed by atoms with E-state index in [0.717, 1.165) is 53.6 Å². The molecule has 0 spiro atoms. The second-order valence-corrected chi connectivity index (χ2v) is 10.3. The van der Waals surface area contributed by atoms with Gasteiger partial charge >= 0.3 is 0 Å². The first-order valence-corrected chi connectivity index (χ1v) is 12.6. The third-order valence-electron chi connectivity index (χ3n) is 6.78. The SMILES string of the molecule is CC(=O)NC1CCC(CC(=O)Nc2cc(-c3ccccc3)c(-c3ccc(C(C)(C)N)cc3)nn2)CC1. The van der Waals surface area contributed by atoms with Crippen LogP contribution in [0.2, 0.25) is 0 Å². The summed E-state index contributed by atoms with van der Waals surface area (Å²) >= 11 is 0. The van der Waals surface area contributed by atoms with Crippen molar-refractivity contribution in [2.24, 2.45) is 11.7 Å². The van der Waals surface area contributed by atoms with Gasteiger partial charge in [-0.25, -0.2) is 0 Å². The molecule has 1 saturated carbocycles. The summed E-state index contributed by atoms with van der Waals surface area (Å²) in [6.07, 6.45) is 4.10. The van der Waals surface area contributed by atoms with Crippen molar-refractivity contribution in [1.82, 2.24) is 15.5 Å². The third kappa shape index (κ3) is 6.55. The summed E-state index contributed by atoms with van der Waals surface area (Å²) in [5.74, 6) is 0.690. The van der Waals surface area contributed by atoms with Crippen molar-refractivity contribution < 1.29 is 9.59 Å². The number of hydrogen-bond acceptors (Lipinski definition) is 5. The number of aromatic nitrogens is 2. The smallest absolute Gasteiger partial charge is 0.225 e. The molecule has 0 unspecified atom stereocenters. The first-order valence-electron chi connectivity index (χ1n) is 12.6. The molecule has 7 heteroatoms. The number of rotatable bonds is 7. The van der Waals surface area contributed by atoms with Crippen LogP contribution in [0.3, 0.4) is 0 Å². The molecular weight excluding hydrogens is 450 g/mol. The van der Waals surface area contributed by atoms with Crippen LogP contribution >= 0.6 is 0 Å². The Morgan fingerprint density at radius 2 is 1.61 bits per heavy atom. The van der Waals surface area contributed by atoms with E-state index < -0.39 is 5.54 Å². The topological polar surface area (TPSA) is 110 Å². The van der Waals surface area contributed by atoms with Crippen LogP contribution in [0.1, 0.15) is 58.4 Å². The van der Waals surface area contributed by atoms with Crippen LogP contribution in [0.25, 0.3) is 22.4 Å². The lowest BCUT2D eigenvalue weighted by atomic mass is 9.84. The number of nitrogens with one attached hydrogen (secondary N) is 2. The molecule has 2 aromatic carbocycles. The van der Waals surface area contributed by atoms with Gasteiger partial charge in [-0.3, -0.25) is 9.59 Å². The molecule has 1 aromatic heterocycles. The van der Waals surface area contributed by atoms with E-state index >= 15 is 0 Å². The Balaban J connectivity index is 1.50. The highest BCUT2D eigenvalue weighted by atomic mass is 16.2. The lowest BCUT2D eigenvalue weighted by Gasteiger charge is -2.28. The molecule has 1 aliphatic rings. The molecule has 0 radical (unpaired) electrons. The summed E-state index contributed by atoms with van der Waals surface area (Å²) in [7, 11) is 0. The van der Waals surface area contributed by atoms with Crippen molar-refractivity contribution >= 4 is 17.6 Å². The molecule has 0 aliphatic heterocycles. The minimum atomic E-state index is -0.427. The maximum Gasteiger partial charge on any atom is 0.225 e. The molecule has 1 aliphatic carbocycles. The number of nitrogens with zero attached hydrogens (tertiary/aromatic N) is 2. The zero-order chi connectivity index (χ0) is 25.7. The van der Waals surface area contributed by atoms with E-state index in [1.165, 1.54) is 0 Å². The van der Waals surface area contributed by atoms with Crippen molar-refractivity contribution in [3.8, 4) is 22.4 Å². The number of carbonyl (C=O) groups is 2. The van der Waals surface area contributed by atoms with Crippen LogP contribution < -0.4 is 16.4 Å². The fraction of sp³-hybridized carbons (Fsp3) is 0.379. The predicted octanol–water partition coefficient (Wildman–Crippen LogP) is 5.03. The number of benzene rings is 2. The van der Waals surface area contributed by atoms with Crippen molar-refractivity contribution in [1.29, 1.82) is 0 Å². The Bertz CT molecular complexity index is 1190. The first-order chi connectivity index (χ1) is 17.2. The number of anilines is 1. The Hall–Kier alpha value is -3.58. The van der Waals surface area contributed by atoms with Crippen LogP contribution in [0.5, 0.6) is 0 Å². The fourth-order valence-corrected chi connectivity index (χ4v) is 4.82. The molecule has 0 atom stereocenters. The summed E-state index contributed by atoms with van der Waals surface area (Å²) in [6, 6.07) is 20.1. The standard InChI is InChI=1S/C29H35N5O2/c1-19(35)31-24-15-9-20(10-16-24)17-27(36)32-26-18-25(21-7-5-4-6-8-21)28(34-33-26)22-11-13-23(14-12-22)29(2,3)30/h4-8,11-14,18,20,24H,9-10,15-17,30H2,1-3H3,(H,31,35)(H,32,33,36). The van der Waals surface area contributed by atoms with Crippen LogP contribution in [-0.2, 0) is 15.1 Å². The highest BCUT2D eigenvalue weighted by molar-refractivity contribution is 5.91. The van der Waals surface area contributed by atoms with E-state index in [2.05, 4.69) is 20.8 Å². The summed E-state index contributed by atoms with van der Waals surface area (Å²) in [5.41, 5.74) is 10.4. The Morgan fingerprint density at radius 1 is 0.944 bits per heavy atom. The quantitative estimate of drug-likeness (QED) is 0.435. The first kappa shape index (κ1) is 25.5. The van der Waals surface area contributed by atoms with E-state index in [4.69, 9.17) is 5.73 Å². The number of amides is 2. The van der Waals surface area contributed by atoms with E-state index in [0.29, 0.717) is 18.2 Å². The summed E-state index contributed by atoms with van der Waals surface area (Å²) < 4.78 is 0. The molecule has 7 nitrogen and oxygen atoms in total. The molecule has 188 valence electrons. The normalized spacial score (nSPS) is 17.9. The Morgan fingerprint density at radius 3 is 2.22 bits per heavy atom.